The third-order valence-corrected chi connectivity index (χ3v) is 5.05. The summed E-state index contributed by atoms with van der Waals surface area (Å²) in [6.45, 7) is 18.1. The summed E-state index contributed by atoms with van der Waals surface area (Å²) in [6, 6.07) is 7.69. The largest absolute Gasteiger partial charge is 0.444 e. The van der Waals surface area contributed by atoms with Crippen LogP contribution in [0.4, 0.5) is 4.79 Å². The third-order valence-electron chi connectivity index (χ3n) is 5.05. The van der Waals surface area contributed by atoms with Crippen molar-refractivity contribution in [3.8, 4) is 5.69 Å². The minimum atomic E-state index is -0.527. The van der Waals surface area contributed by atoms with Crippen LogP contribution in [-0.2, 0) is 27.9 Å². The van der Waals surface area contributed by atoms with Crippen molar-refractivity contribution in [2.75, 3.05) is 6.54 Å². The maximum absolute atomic E-state index is 12.7. The molecule has 3 rings (SSSR count). The fourth-order valence-corrected chi connectivity index (χ4v) is 3.45. The second-order valence-corrected chi connectivity index (χ2v) is 10.3. The molecular weight excluding hydrogens is 406 g/mol. The van der Waals surface area contributed by atoms with Crippen molar-refractivity contribution in [3.05, 3.63) is 59.1 Å². The highest BCUT2D eigenvalue weighted by molar-refractivity contribution is 5.89. The van der Waals surface area contributed by atoms with Crippen LogP contribution in [0.25, 0.3) is 5.69 Å². The molecule has 0 aliphatic carbocycles. The number of carbonyl (C=O) groups is 2. The Kier molecular flexibility index (Phi) is 6.22. The summed E-state index contributed by atoms with van der Waals surface area (Å²) >= 11 is 0. The van der Waals surface area contributed by atoms with Crippen LogP contribution in [0.5, 0.6) is 0 Å². The molecule has 1 aliphatic heterocycles. The Labute approximate surface area is 190 Å². The Morgan fingerprint density at radius 2 is 1.75 bits per heavy atom. The third kappa shape index (κ3) is 5.39. The van der Waals surface area contributed by atoms with Crippen molar-refractivity contribution in [1.29, 1.82) is 0 Å². The number of allylic oxidation sites excluding steroid dienone is 1. The Hall–Kier alpha value is -3.09. The summed E-state index contributed by atoms with van der Waals surface area (Å²) < 4.78 is 12.4. The van der Waals surface area contributed by atoms with Crippen molar-refractivity contribution in [2.24, 2.45) is 0 Å². The molecule has 2 heterocycles. The number of carbonyl (C=O) groups excluding carboxylic acids is 2. The minimum absolute atomic E-state index is 0.231. The van der Waals surface area contributed by atoms with E-state index in [1.165, 1.54) is 0 Å². The number of hydrogen-bond acceptors (Lipinski definition) is 5. The standard InChI is InChI=1S/C25H33N3O4/c1-16(2)31-22(29)20-14-21(24(3,4)5)26-28(20)19-10-9-18-15-27(12-11-17(18)13-19)23(30)32-25(6,7)8/h9-10,13-14H,1,11-12,15H2,2-8H3. The molecule has 0 fully saturated rings. The predicted molar refractivity (Wildman–Crippen MR) is 123 cm³/mol. The van der Waals surface area contributed by atoms with Crippen molar-refractivity contribution in [1.82, 2.24) is 14.7 Å². The topological polar surface area (TPSA) is 73.7 Å². The van der Waals surface area contributed by atoms with Crippen LogP contribution in [0.15, 0.2) is 36.6 Å². The molecule has 7 nitrogen and oxygen atoms in total. The lowest BCUT2D eigenvalue weighted by Gasteiger charge is -2.31. The average molecular weight is 440 g/mol. The molecule has 1 amide bonds. The molecule has 1 aromatic heterocycles. The van der Waals surface area contributed by atoms with Gasteiger partial charge in [0.2, 0.25) is 0 Å². The Morgan fingerprint density at radius 1 is 1.06 bits per heavy atom. The van der Waals surface area contributed by atoms with E-state index in [0.717, 1.165) is 22.5 Å². The van der Waals surface area contributed by atoms with E-state index in [4.69, 9.17) is 14.6 Å². The number of aromatic nitrogens is 2. The molecule has 0 N–H and O–H groups in total. The van der Waals surface area contributed by atoms with E-state index in [2.05, 4.69) is 6.58 Å². The van der Waals surface area contributed by atoms with Crippen LogP contribution in [0.1, 0.15) is 75.8 Å². The maximum atomic E-state index is 12.7. The molecule has 0 saturated heterocycles. The van der Waals surface area contributed by atoms with Gasteiger partial charge in [0.1, 0.15) is 5.60 Å². The summed E-state index contributed by atoms with van der Waals surface area (Å²) in [5, 5.41) is 4.71. The number of nitrogens with zero attached hydrogens (tertiary/aromatic N) is 3. The molecule has 1 aliphatic rings. The van der Waals surface area contributed by atoms with E-state index in [9.17, 15) is 9.59 Å². The van der Waals surface area contributed by atoms with Gasteiger partial charge in [-0.15, -0.1) is 0 Å². The summed E-state index contributed by atoms with van der Waals surface area (Å²) in [4.78, 5) is 26.9. The molecule has 0 spiro atoms. The molecule has 172 valence electrons. The quantitative estimate of drug-likeness (QED) is 0.488. The zero-order chi connectivity index (χ0) is 23.8. The lowest BCUT2D eigenvalue weighted by molar-refractivity contribution is 0.0223. The lowest BCUT2D eigenvalue weighted by atomic mass is 9.92. The highest BCUT2D eigenvalue weighted by Gasteiger charge is 2.28. The number of esters is 1. The van der Waals surface area contributed by atoms with Crippen LogP contribution in [0.3, 0.4) is 0 Å². The minimum Gasteiger partial charge on any atom is -0.444 e. The molecule has 0 atom stereocenters. The second-order valence-electron chi connectivity index (χ2n) is 10.3. The summed E-state index contributed by atoms with van der Waals surface area (Å²) in [5.74, 6) is -0.165. The number of rotatable bonds is 3. The zero-order valence-corrected chi connectivity index (χ0v) is 20.1. The highest BCUT2D eigenvalue weighted by Crippen LogP contribution is 2.27. The van der Waals surface area contributed by atoms with Gasteiger partial charge in [-0.05, 0) is 63.4 Å². The Balaban J connectivity index is 1.92. The first kappa shape index (κ1) is 23.6. The SMILES string of the molecule is C=C(C)OC(=O)c1cc(C(C)(C)C)nn1-c1ccc2c(c1)CCN(C(=O)OC(C)(C)C)C2. The van der Waals surface area contributed by atoms with E-state index in [1.807, 2.05) is 59.7 Å². The van der Waals surface area contributed by atoms with Gasteiger partial charge in [0.15, 0.2) is 5.69 Å². The second kappa shape index (κ2) is 8.45. The van der Waals surface area contributed by atoms with E-state index in [0.29, 0.717) is 31.0 Å². The first-order chi connectivity index (χ1) is 14.7. The maximum Gasteiger partial charge on any atom is 0.410 e. The highest BCUT2D eigenvalue weighted by atomic mass is 16.6. The number of hydrogen-bond donors (Lipinski definition) is 0. The summed E-state index contributed by atoms with van der Waals surface area (Å²) in [6.07, 6.45) is 0.389. The number of amides is 1. The molecule has 7 heteroatoms. The summed E-state index contributed by atoms with van der Waals surface area (Å²) in [7, 11) is 0. The predicted octanol–water partition coefficient (Wildman–Crippen LogP) is 5.15. The van der Waals surface area contributed by atoms with Gasteiger partial charge in [0, 0.05) is 18.5 Å². The molecular formula is C25H33N3O4. The van der Waals surface area contributed by atoms with Crippen LogP contribution in [0.2, 0.25) is 0 Å². The first-order valence-corrected chi connectivity index (χ1v) is 10.8. The monoisotopic (exact) mass is 439 g/mol. The molecule has 0 saturated carbocycles. The smallest absolute Gasteiger partial charge is 0.410 e. The van der Waals surface area contributed by atoms with E-state index in [1.54, 1.807) is 22.6 Å². The number of ether oxygens (including phenoxy) is 2. The Morgan fingerprint density at radius 3 is 2.34 bits per heavy atom. The van der Waals surface area contributed by atoms with Gasteiger partial charge in [-0.2, -0.15) is 5.10 Å². The number of benzene rings is 1. The molecule has 1 aromatic carbocycles. The van der Waals surface area contributed by atoms with Gasteiger partial charge in [0.05, 0.1) is 17.1 Å². The lowest BCUT2D eigenvalue weighted by Crippen LogP contribution is -2.39. The van der Waals surface area contributed by atoms with E-state index in [-0.39, 0.29) is 11.5 Å². The molecule has 2 aromatic rings. The van der Waals surface area contributed by atoms with Gasteiger partial charge in [-0.1, -0.05) is 33.4 Å². The van der Waals surface area contributed by atoms with E-state index < -0.39 is 11.6 Å². The molecule has 32 heavy (non-hydrogen) atoms. The normalized spacial score (nSPS) is 14.0. The van der Waals surface area contributed by atoms with Crippen LogP contribution >= 0.6 is 0 Å². The fourth-order valence-electron chi connectivity index (χ4n) is 3.45. The van der Waals surface area contributed by atoms with E-state index >= 15 is 0 Å². The van der Waals surface area contributed by atoms with Crippen molar-refractivity contribution in [2.45, 2.75) is 72.4 Å². The zero-order valence-electron chi connectivity index (χ0n) is 20.1. The van der Waals surface area contributed by atoms with Crippen LogP contribution < -0.4 is 0 Å². The van der Waals surface area contributed by atoms with Crippen molar-refractivity contribution >= 4 is 12.1 Å². The Bertz CT molecular complexity index is 1050. The van der Waals surface area contributed by atoms with Gasteiger partial charge < -0.3 is 14.4 Å². The molecule has 0 bridgehead atoms. The van der Waals surface area contributed by atoms with Gasteiger partial charge in [-0.25, -0.2) is 14.3 Å². The van der Waals surface area contributed by atoms with Crippen LogP contribution in [0, 0.1) is 0 Å². The van der Waals surface area contributed by atoms with Crippen molar-refractivity contribution in [3.63, 3.8) is 0 Å². The van der Waals surface area contributed by atoms with Gasteiger partial charge in [0.25, 0.3) is 0 Å². The first-order valence-electron chi connectivity index (χ1n) is 10.8. The summed E-state index contributed by atoms with van der Waals surface area (Å²) in [5.41, 5.74) is 3.34. The van der Waals surface area contributed by atoms with Crippen molar-refractivity contribution < 1.29 is 19.1 Å². The van der Waals surface area contributed by atoms with Crippen LogP contribution in [-0.4, -0.2) is 38.9 Å². The van der Waals surface area contributed by atoms with Gasteiger partial charge in [-0.3, -0.25) is 0 Å². The van der Waals surface area contributed by atoms with Gasteiger partial charge >= 0.3 is 12.1 Å². The molecule has 0 radical (unpaired) electrons. The fraction of sp³-hybridized carbons (Fsp3) is 0.480. The average Bonchev–Trinajstić information content (AvgIpc) is 3.11. The molecule has 0 unspecified atom stereocenters. The number of fused-ring (bicyclic) bond motifs is 1.